The van der Waals surface area contributed by atoms with Gasteiger partial charge < -0.3 is 9.52 Å². The van der Waals surface area contributed by atoms with Crippen LogP contribution in [-0.4, -0.2) is 55.4 Å². The lowest BCUT2D eigenvalue weighted by atomic mass is 9.56. The van der Waals surface area contributed by atoms with Gasteiger partial charge >= 0.3 is 0 Å². The smallest absolute Gasteiger partial charge is 0.253 e. The van der Waals surface area contributed by atoms with Gasteiger partial charge in [-0.3, -0.25) is 29.0 Å². The fourth-order valence-electron chi connectivity index (χ4n) is 7.84. The Bertz CT molecular complexity index is 2030. The first kappa shape index (κ1) is 29.2. The number of likely N-dealkylation sites (tertiary alicyclic amines) is 1. The molecule has 4 aromatic rings. The van der Waals surface area contributed by atoms with Gasteiger partial charge in [0, 0.05) is 23.6 Å². The van der Waals surface area contributed by atoms with Crippen LogP contribution in [0.25, 0.3) is 22.6 Å². The third-order valence-corrected chi connectivity index (χ3v) is 11.7. The molecule has 3 fully saturated rings. The fraction of sp³-hybridized carbons (Fsp3) is 0.265. The Balaban J connectivity index is 1.19. The average Bonchev–Trinajstić information content (AvgIpc) is 3.63. The summed E-state index contributed by atoms with van der Waals surface area (Å²) in [5.41, 5.74) is 3.42. The Morgan fingerprint density at radius 3 is 2.39 bits per heavy atom. The molecule has 2 aliphatic carbocycles. The van der Waals surface area contributed by atoms with Gasteiger partial charge in [0.2, 0.25) is 17.7 Å². The van der Waals surface area contributed by atoms with E-state index < -0.39 is 51.1 Å². The van der Waals surface area contributed by atoms with Gasteiger partial charge in [0.15, 0.2) is 15.3 Å². The number of phenols is 1. The Kier molecular flexibility index (Phi) is 6.30. The minimum absolute atomic E-state index is 0.0974. The molecule has 0 spiro atoms. The molecule has 6 atom stereocenters. The van der Waals surface area contributed by atoms with E-state index in [-0.39, 0.29) is 29.5 Å². The first-order chi connectivity index (χ1) is 22.0. The summed E-state index contributed by atoms with van der Waals surface area (Å²) in [6, 6.07) is 18.5. The number of nitrogens with zero attached hydrogens (tertiary/aromatic N) is 3. The minimum atomic E-state index is -1.96. The number of amides is 4. The van der Waals surface area contributed by atoms with Gasteiger partial charge in [-0.05, 0) is 72.9 Å². The molecule has 0 bridgehead atoms. The van der Waals surface area contributed by atoms with E-state index in [4.69, 9.17) is 39.2 Å². The number of aromatic hydroxyl groups is 1. The van der Waals surface area contributed by atoms with E-state index in [9.17, 15) is 24.3 Å². The zero-order valence-electron chi connectivity index (χ0n) is 24.1. The van der Waals surface area contributed by atoms with Crippen molar-refractivity contribution >= 4 is 75.2 Å². The van der Waals surface area contributed by atoms with Crippen LogP contribution in [0.2, 0.25) is 5.02 Å². The minimum Gasteiger partial charge on any atom is -0.508 e. The van der Waals surface area contributed by atoms with E-state index in [1.807, 2.05) is 30.3 Å². The number of oxazole rings is 1. The lowest BCUT2D eigenvalue weighted by Crippen LogP contribution is -2.60. The molecule has 1 aromatic heterocycles. The first-order valence-electron chi connectivity index (χ1n) is 14.7. The van der Waals surface area contributed by atoms with Crippen molar-refractivity contribution in [2.45, 2.75) is 28.5 Å². The van der Waals surface area contributed by atoms with Crippen LogP contribution < -0.4 is 4.90 Å². The number of anilines is 1. The summed E-state index contributed by atoms with van der Waals surface area (Å²) in [4.78, 5) is 58.2. The fourth-order valence-corrected chi connectivity index (χ4v) is 9.14. The molecular weight excluding hydrogens is 653 g/mol. The standard InChI is InChI=1S/C34H24Cl3N3O6/c1-39-31(44)33(36)15-22-19(27(34(33,37)32(39)45)20-11-10-18(41)14-23(20)35)12-13-21-26(22)30(43)40(29(21)42)17-8-6-16(7-9-17)28-38-24-4-2-3-5-25(24)46-28/h2-12,14,21-22,26-27,41H,13,15H2,1H3. The zero-order valence-corrected chi connectivity index (χ0v) is 26.4. The number of rotatable bonds is 3. The number of phenolic OH excluding ortho intramolecular Hbond substituents is 1. The summed E-state index contributed by atoms with van der Waals surface area (Å²) < 4.78 is 5.87. The number of aromatic nitrogens is 1. The van der Waals surface area contributed by atoms with E-state index in [0.29, 0.717) is 39.4 Å². The van der Waals surface area contributed by atoms with E-state index in [1.54, 1.807) is 30.3 Å². The summed E-state index contributed by atoms with van der Waals surface area (Å²) in [6.45, 7) is 0. The lowest BCUT2D eigenvalue weighted by molar-refractivity contribution is -0.138. The molecule has 2 saturated heterocycles. The predicted octanol–water partition coefficient (Wildman–Crippen LogP) is 6.05. The molecule has 8 rings (SSSR count). The summed E-state index contributed by atoms with van der Waals surface area (Å²) in [5.74, 6) is -5.10. The molecule has 232 valence electrons. The maximum Gasteiger partial charge on any atom is 0.253 e. The van der Waals surface area contributed by atoms with E-state index >= 15 is 0 Å². The Morgan fingerprint density at radius 1 is 0.935 bits per heavy atom. The van der Waals surface area contributed by atoms with Crippen molar-refractivity contribution < 1.29 is 28.7 Å². The third-order valence-electron chi connectivity index (χ3n) is 9.98. The number of benzene rings is 3. The molecule has 1 saturated carbocycles. The van der Waals surface area contributed by atoms with Gasteiger partial charge in [0.25, 0.3) is 11.8 Å². The number of fused-ring (bicyclic) bond motifs is 5. The van der Waals surface area contributed by atoms with Crippen LogP contribution in [0.1, 0.15) is 24.3 Å². The average molecular weight is 677 g/mol. The second-order valence-corrected chi connectivity index (χ2v) is 13.9. The van der Waals surface area contributed by atoms with Crippen molar-refractivity contribution in [1.29, 1.82) is 0 Å². The topological polar surface area (TPSA) is 121 Å². The van der Waals surface area contributed by atoms with E-state index in [1.165, 1.54) is 24.1 Å². The summed E-state index contributed by atoms with van der Waals surface area (Å²) in [6.07, 6.45) is 1.92. The highest BCUT2D eigenvalue weighted by molar-refractivity contribution is 6.54. The first-order valence-corrected chi connectivity index (χ1v) is 15.8. The summed E-state index contributed by atoms with van der Waals surface area (Å²) in [7, 11) is 1.32. The van der Waals surface area contributed by atoms with E-state index in [0.717, 1.165) is 4.90 Å². The van der Waals surface area contributed by atoms with Crippen molar-refractivity contribution in [3.8, 4) is 17.2 Å². The molecule has 0 radical (unpaired) electrons. The third kappa shape index (κ3) is 3.73. The van der Waals surface area contributed by atoms with Crippen molar-refractivity contribution in [2.75, 3.05) is 11.9 Å². The number of carbonyl (C=O) groups excluding carboxylic acids is 4. The highest BCUT2D eigenvalue weighted by Crippen LogP contribution is 2.66. The van der Waals surface area contributed by atoms with Crippen LogP contribution >= 0.6 is 34.8 Å². The molecule has 3 aromatic carbocycles. The van der Waals surface area contributed by atoms with Crippen LogP contribution in [0, 0.1) is 17.8 Å². The zero-order chi connectivity index (χ0) is 32.3. The Hall–Kier alpha value is -4.18. The molecule has 9 nitrogen and oxygen atoms in total. The highest BCUT2D eigenvalue weighted by Gasteiger charge is 2.76. The number of hydrogen-bond donors (Lipinski definition) is 1. The lowest BCUT2D eigenvalue weighted by Gasteiger charge is -2.51. The quantitative estimate of drug-likeness (QED) is 0.159. The monoisotopic (exact) mass is 675 g/mol. The number of halogens is 3. The van der Waals surface area contributed by atoms with Gasteiger partial charge in [0.05, 0.1) is 17.5 Å². The predicted molar refractivity (Wildman–Crippen MR) is 171 cm³/mol. The largest absolute Gasteiger partial charge is 0.508 e. The summed E-state index contributed by atoms with van der Waals surface area (Å²) in [5, 5.41) is 10.2. The van der Waals surface area contributed by atoms with Gasteiger partial charge in [-0.15, -0.1) is 23.2 Å². The second kappa shape index (κ2) is 9.91. The van der Waals surface area contributed by atoms with Crippen LogP contribution in [0.15, 0.2) is 82.8 Å². The van der Waals surface area contributed by atoms with E-state index in [2.05, 4.69) is 4.98 Å². The summed E-state index contributed by atoms with van der Waals surface area (Å²) >= 11 is 21.0. The molecule has 4 amide bonds. The van der Waals surface area contributed by atoms with Gasteiger partial charge in [-0.1, -0.05) is 41.4 Å². The van der Waals surface area contributed by atoms with Crippen molar-refractivity contribution in [3.05, 3.63) is 89.0 Å². The van der Waals surface area contributed by atoms with Crippen molar-refractivity contribution in [2.24, 2.45) is 17.8 Å². The van der Waals surface area contributed by atoms with Gasteiger partial charge in [-0.2, -0.15) is 0 Å². The molecule has 6 unspecified atom stereocenters. The number of hydrogen-bond acceptors (Lipinski definition) is 7. The molecule has 1 N–H and O–H groups in total. The number of imide groups is 2. The molecule has 2 aliphatic heterocycles. The second-order valence-electron chi connectivity index (χ2n) is 12.2. The van der Waals surface area contributed by atoms with Crippen LogP contribution in [0.5, 0.6) is 5.75 Å². The number of allylic oxidation sites excluding steroid dienone is 2. The van der Waals surface area contributed by atoms with Crippen molar-refractivity contribution in [3.63, 3.8) is 0 Å². The molecule has 46 heavy (non-hydrogen) atoms. The van der Waals surface area contributed by atoms with Crippen LogP contribution in [-0.2, 0) is 19.2 Å². The molecule has 3 heterocycles. The Labute approximate surface area is 277 Å². The molecule has 4 aliphatic rings. The normalized spacial score (nSPS) is 30.5. The maximum atomic E-state index is 14.3. The SMILES string of the molecule is CN1C(=O)C2(Cl)CC3C(=CCC4C(=O)N(c5ccc(-c6nc7ccccc7o6)cc5)C(=O)C43)C(c3ccc(O)cc3Cl)C2(Cl)C1=O. The van der Waals surface area contributed by atoms with Crippen molar-refractivity contribution in [1.82, 2.24) is 9.88 Å². The highest BCUT2D eigenvalue weighted by atomic mass is 35.5. The van der Waals surface area contributed by atoms with Gasteiger partial charge in [-0.25, -0.2) is 4.98 Å². The maximum absolute atomic E-state index is 14.3. The molecular formula is C34H24Cl3N3O6. The number of carbonyl (C=O) groups is 4. The van der Waals surface area contributed by atoms with Gasteiger partial charge in [0.1, 0.15) is 11.3 Å². The van der Waals surface area contributed by atoms with Crippen LogP contribution in [0.4, 0.5) is 5.69 Å². The molecule has 12 heteroatoms. The van der Waals surface area contributed by atoms with Crippen LogP contribution in [0.3, 0.4) is 0 Å². The number of para-hydroxylation sites is 2. The number of alkyl halides is 2. The Morgan fingerprint density at radius 2 is 1.67 bits per heavy atom.